The van der Waals surface area contributed by atoms with Crippen molar-refractivity contribution >= 4 is 5.97 Å². The van der Waals surface area contributed by atoms with Crippen molar-refractivity contribution in [3.8, 4) is 0 Å². The highest BCUT2D eigenvalue weighted by Crippen LogP contribution is 2.60. The average molecular weight is 436 g/mol. The molecule has 1 N–H and O–H groups in total. The quantitative estimate of drug-likeness (QED) is 0.407. The van der Waals surface area contributed by atoms with Gasteiger partial charge in [-0.3, -0.25) is 0 Å². The van der Waals surface area contributed by atoms with Crippen molar-refractivity contribution in [2.75, 3.05) is 0 Å². The average Bonchev–Trinajstić information content (AvgIpc) is 2.45. The third kappa shape index (κ3) is 3.93. The van der Waals surface area contributed by atoms with Gasteiger partial charge < -0.3 is 5.11 Å². The van der Waals surface area contributed by atoms with Gasteiger partial charge in [0.05, 0.1) is 11.9 Å². The first kappa shape index (κ1) is 25.2. The smallest absolute Gasteiger partial charge is 0.460 e. The number of carbonyl (C=O) groups is 1. The molecule has 0 aromatic rings. The molecule has 0 spiro atoms. The number of hydrogen-bond acceptors (Lipinski definition) is 1. The lowest BCUT2D eigenvalue weighted by Crippen LogP contribution is -2.70. The molecule has 0 rings (SSSR count). The molecule has 0 bridgehead atoms. The van der Waals surface area contributed by atoms with Crippen LogP contribution in [0.5, 0.6) is 0 Å². The van der Waals surface area contributed by atoms with Gasteiger partial charge in [-0.1, -0.05) is 0 Å². The molecule has 0 aliphatic carbocycles. The van der Waals surface area contributed by atoms with E-state index in [0.717, 1.165) is 0 Å². The Morgan fingerprint density at radius 2 is 1.07 bits per heavy atom. The summed E-state index contributed by atoms with van der Waals surface area (Å²) >= 11 is 0. The van der Waals surface area contributed by atoms with E-state index in [-0.39, 0.29) is 0 Å². The lowest BCUT2D eigenvalue weighted by Gasteiger charge is -2.39. The fourth-order valence-electron chi connectivity index (χ4n) is 1.46. The number of alkyl halides is 13. The van der Waals surface area contributed by atoms with Gasteiger partial charge in [-0.15, -0.1) is 0 Å². The van der Waals surface area contributed by atoms with Gasteiger partial charge >= 0.3 is 41.8 Å². The third-order valence-corrected chi connectivity index (χ3v) is 3.11. The van der Waals surface area contributed by atoms with Gasteiger partial charge in [-0.25, -0.2) is 9.18 Å². The number of halogens is 14. The number of carboxylic acid groups (broad SMARTS) is 1. The van der Waals surface area contributed by atoms with E-state index in [9.17, 15) is 66.3 Å². The van der Waals surface area contributed by atoms with Crippen LogP contribution in [0.1, 0.15) is 12.8 Å². The van der Waals surface area contributed by atoms with E-state index in [2.05, 4.69) is 0 Å². The van der Waals surface area contributed by atoms with Crippen LogP contribution in [-0.4, -0.2) is 46.9 Å². The van der Waals surface area contributed by atoms with Crippen molar-refractivity contribution in [1.82, 2.24) is 0 Å². The summed E-state index contributed by atoms with van der Waals surface area (Å²) in [7, 11) is 0. The Morgan fingerprint density at radius 1 is 0.704 bits per heavy atom. The van der Waals surface area contributed by atoms with Crippen LogP contribution in [0.15, 0.2) is 11.9 Å². The molecule has 0 saturated carbocycles. The zero-order valence-electron chi connectivity index (χ0n) is 12.1. The Bertz CT molecular complexity index is 588. The van der Waals surface area contributed by atoms with Crippen LogP contribution in [0.4, 0.5) is 61.5 Å². The van der Waals surface area contributed by atoms with Gasteiger partial charge in [0.1, 0.15) is 0 Å². The zero-order valence-corrected chi connectivity index (χ0v) is 12.1. The summed E-state index contributed by atoms with van der Waals surface area (Å²) in [6.45, 7) is 0. The second-order valence-corrected chi connectivity index (χ2v) is 4.94. The molecule has 0 aliphatic rings. The fraction of sp³-hybridized carbons (Fsp3) is 0.727. The topological polar surface area (TPSA) is 37.3 Å². The molecule has 0 amide bonds. The van der Waals surface area contributed by atoms with E-state index < -0.39 is 66.5 Å². The normalized spacial score (nSPS) is 15.9. The van der Waals surface area contributed by atoms with Crippen molar-refractivity contribution in [1.29, 1.82) is 0 Å². The van der Waals surface area contributed by atoms with Crippen LogP contribution in [0.25, 0.3) is 0 Å². The van der Waals surface area contributed by atoms with E-state index >= 15 is 0 Å². The minimum absolute atomic E-state index is 0.943. The predicted molar refractivity (Wildman–Crippen MR) is 56.9 cm³/mol. The molecule has 0 saturated heterocycles. The molecule has 2 nitrogen and oxygen atoms in total. The molecular weight excluding hydrogens is 430 g/mol. The van der Waals surface area contributed by atoms with Gasteiger partial charge in [0.25, 0.3) is 0 Å². The molecule has 0 aliphatic heterocycles. The third-order valence-electron chi connectivity index (χ3n) is 3.11. The maximum absolute atomic E-state index is 13.2. The molecule has 0 aromatic heterocycles. The summed E-state index contributed by atoms with van der Waals surface area (Å²) in [5.41, 5.74) is -1.72. The molecular formula is C11H6F14O2. The van der Waals surface area contributed by atoms with E-state index in [1.165, 1.54) is 0 Å². The highest BCUT2D eigenvalue weighted by Gasteiger charge is 2.90. The van der Waals surface area contributed by atoms with Crippen LogP contribution < -0.4 is 0 Å². The first-order valence-corrected chi connectivity index (χ1v) is 6.10. The molecule has 0 radical (unpaired) electrons. The van der Waals surface area contributed by atoms with Gasteiger partial charge in [-0.05, 0) is 6.42 Å². The maximum atomic E-state index is 13.2. The second kappa shape index (κ2) is 7.00. The summed E-state index contributed by atoms with van der Waals surface area (Å²) in [6, 6.07) is 0. The van der Waals surface area contributed by atoms with Crippen LogP contribution in [0.3, 0.4) is 0 Å². The highest BCUT2D eigenvalue weighted by atomic mass is 19.4. The molecule has 0 atom stereocenters. The summed E-state index contributed by atoms with van der Waals surface area (Å²) < 4.78 is 177. The second-order valence-electron chi connectivity index (χ2n) is 4.94. The van der Waals surface area contributed by atoms with Crippen molar-refractivity contribution in [3.63, 3.8) is 0 Å². The van der Waals surface area contributed by atoms with Gasteiger partial charge in [-0.2, -0.15) is 57.1 Å². The van der Waals surface area contributed by atoms with Crippen molar-refractivity contribution in [2.24, 2.45) is 0 Å². The fourth-order valence-corrected chi connectivity index (χ4v) is 1.46. The molecule has 0 fully saturated rings. The number of carboxylic acids is 1. The molecule has 27 heavy (non-hydrogen) atoms. The van der Waals surface area contributed by atoms with E-state index in [4.69, 9.17) is 5.11 Å². The van der Waals surface area contributed by atoms with Crippen LogP contribution in [0, 0.1) is 0 Å². The van der Waals surface area contributed by atoms with Gasteiger partial charge in [0, 0.05) is 6.42 Å². The summed E-state index contributed by atoms with van der Waals surface area (Å²) in [6.07, 6.45) is -13.2. The molecule has 0 heterocycles. The number of hydrogen-bond donors (Lipinski definition) is 1. The summed E-state index contributed by atoms with van der Waals surface area (Å²) in [5, 5.41) is 8.23. The van der Waals surface area contributed by atoms with Crippen LogP contribution in [-0.2, 0) is 4.79 Å². The molecule has 0 unspecified atom stereocenters. The molecule has 16 heteroatoms. The lowest BCUT2D eigenvalue weighted by atomic mass is 9.91. The van der Waals surface area contributed by atoms with Crippen LogP contribution >= 0.6 is 0 Å². The summed E-state index contributed by atoms with van der Waals surface area (Å²) in [5.74, 6) is -40.1. The summed E-state index contributed by atoms with van der Waals surface area (Å²) in [4.78, 5) is 10.3. The number of aliphatic carboxylic acids is 1. The Labute approximate surface area is 139 Å². The van der Waals surface area contributed by atoms with E-state index in [1.54, 1.807) is 0 Å². The molecule has 160 valence electrons. The van der Waals surface area contributed by atoms with Gasteiger partial charge in [0.15, 0.2) is 0 Å². The SMILES string of the molecule is O=C(O)C(=CF)CCC(F)(F)C(F)(F)C(F)(F)C(F)(F)C(F)(F)C(F)(F)F. The largest absolute Gasteiger partial charge is 0.478 e. The van der Waals surface area contributed by atoms with E-state index in [1.807, 2.05) is 0 Å². The minimum atomic E-state index is -8.03. The Kier molecular flexibility index (Phi) is 6.54. The Hall–Kier alpha value is -1.77. The first-order chi connectivity index (χ1) is 11.6. The van der Waals surface area contributed by atoms with Crippen molar-refractivity contribution in [3.05, 3.63) is 11.9 Å². The van der Waals surface area contributed by atoms with Gasteiger partial charge in [0.2, 0.25) is 0 Å². The Balaban J connectivity index is 6.05. The minimum Gasteiger partial charge on any atom is -0.478 e. The first-order valence-electron chi connectivity index (χ1n) is 6.10. The van der Waals surface area contributed by atoms with Crippen molar-refractivity contribution in [2.45, 2.75) is 48.6 Å². The van der Waals surface area contributed by atoms with E-state index in [0.29, 0.717) is 0 Å². The predicted octanol–water partition coefficient (Wildman–Crippen LogP) is 5.44. The van der Waals surface area contributed by atoms with Crippen molar-refractivity contribution < 1.29 is 71.4 Å². The highest BCUT2D eigenvalue weighted by molar-refractivity contribution is 5.86. The number of rotatable bonds is 8. The lowest BCUT2D eigenvalue weighted by molar-refractivity contribution is -0.440. The zero-order chi connectivity index (χ0) is 22.3. The molecule has 0 aromatic carbocycles. The maximum Gasteiger partial charge on any atom is 0.460 e. The standard InChI is InChI=1S/C11H6F14O2/c12-3-4(5(26)27)1-2-6(13,14)7(15,16)8(17,18)9(19,20)10(21,22)11(23,24)25/h3H,1-2H2,(H,26,27). The van der Waals surface area contributed by atoms with Crippen LogP contribution in [0.2, 0.25) is 0 Å². The Morgan fingerprint density at radius 3 is 1.37 bits per heavy atom. The monoisotopic (exact) mass is 436 g/mol.